The fourth-order valence-corrected chi connectivity index (χ4v) is 3.73. The van der Waals surface area contributed by atoms with Crippen LogP contribution < -0.4 is 10.1 Å². The summed E-state index contributed by atoms with van der Waals surface area (Å²) in [5.74, 6) is 0.652. The molecule has 0 spiro atoms. The predicted molar refractivity (Wildman–Crippen MR) is 117 cm³/mol. The molecule has 0 aliphatic rings. The molecule has 3 aromatic rings. The SMILES string of the molecule is CCCCCOc1cc(C(=O)NCCc2ccncc2)c(Br)c2ccccc12. The maximum Gasteiger partial charge on any atom is 0.252 e. The molecule has 28 heavy (non-hydrogen) atoms. The summed E-state index contributed by atoms with van der Waals surface area (Å²) in [5.41, 5.74) is 1.74. The molecule has 0 saturated carbocycles. The topological polar surface area (TPSA) is 51.2 Å². The normalized spacial score (nSPS) is 10.8. The molecule has 0 saturated heterocycles. The van der Waals surface area contributed by atoms with Crippen molar-refractivity contribution >= 4 is 32.6 Å². The first kappa shape index (κ1) is 20.3. The van der Waals surface area contributed by atoms with Gasteiger partial charge in [-0.3, -0.25) is 9.78 Å². The van der Waals surface area contributed by atoms with Gasteiger partial charge >= 0.3 is 0 Å². The molecule has 3 rings (SSSR count). The Hall–Kier alpha value is -2.40. The Bertz CT molecular complexity index is 929. The van der Waals surface area contributed by atoms with E-state index in [1.807, 2.05) is 42.5 Å². The highest BCUT2D eigenvalue weighted by Gasteiger charge is 2.16. The largest absolute Gasteiger partial charge is 0.493 e. The maximum atomic E-state index is 12.8. The number of carbonyl (C=O) groups is 1. The fraction of sp³-hybridized carbons (Fsp3) is 0.304. The van der Waals surface area contributed by atoms with Gasteiger partial charge in [0.1, 0.15) is 5.75 Å². The lowest BCUT2D eigenvalue weighted by molar-refractivity contribution is 0.0953. The molecule has 0 aliphatic heterocycles. The van der Waals surface area contributed by atoms with Gasteiger partial charge in [-0.05, 0) is 52.5 Å². The second-order valence-corrected chi connectivity index (χ2v) is 7.49. The van der Waals surface area contributed by atoms with Crippen molar-refractivity contribution < 1.29 is 9.53 Å². The number of benzene rings is 2. The first-order valence-electron chi connectivity index (χ1n) is 9.72. The van der Waals surface area contributed by atoms with Gasteiger partial charge in [0, 0.05) is 34.2 Å². The van der Waals surface area contributed by atoms with Crippen molar-refractivity contribution in [3.63, 3.8) is 0 Å². The van der Waals surface area contributed by atoms with Crippen LogP contribution in [0, 0.1) is 0 Å². The zero-order valence-electron chi connectivity index (χ0n) is 16.1. The number of unbranched alkanes of at least 4 members (excludes halogenated alkanes) is 2. The summed E-state index contributed by atoms with van der Waals surface area (Å²) in [6, 6.07) is 13.8. The number of fused-ring (bicyclic) bond motifs is 1. The standard InChI is InChI=1S/C23H25BrN2O2/c1-2-3-6-15-28-21-16-20(22(24)19-8-5-4-7-18(19)21)23(27)26-14-11-17-9-12-25-13-10-17/h4-5,7-10,12-13,16H,2-3,6,11,14-15H2,1H3,(H,26,27). The van der Waals surface area contributed by atoms with Crippen molar-refractivity contribution in [2.45, 2.75) is 32.6 Å². The van der Waals surface area contributed by atoms with Gasteiger partial charge in [0.15, 0.2) is 0 Å². The van der Waals surface area contributed by atoms with E-state index in [4.69, 9.17) is 4.74 Å². The molecule has 146 valence electrons. The average Bonchev–Trinajstić information content (AvgIpc) is 2.73. The van der Waals surface area contributed by atoms with Gasteiger partial charge in [-0.15, -0.1) is 0 Å². The lowest BCUT2D eigenvalue weighted by atomic mass is 10.0. The minimum absolute atomic E-state index is 0.106. The van der Waals surface area contributed by atoms with Crippen molar-refractivity contribution in [1.82, 2.24) is 10.3 Å². The quantitative estimate of drug-likeness (QED) is 0.444. The molecule has 0 radical (unpaired) electrons. The number of hydrogen-bond acceptors (Lipinski definition) is 3. The predicted octanol–water partition coefficient (Wildman–Crippen LogP) is 5.54. The van der Waals surface area contributed by atoms with E-state index >= 15 is 0 Å². The molecule has 0 atom stereocenters. The van der Waals surface area contributed by atoms with Crippen molar-refractivity contribution in [3.05, 3.63) is 70.5 Å². The molecule has 2 aromatic carbocycles. The van der Waals surface area contributed by atoms with Gasteiger partial charge in [-0.1, -0.05) is 44.0 Å². The molecule has 1 aromatic heterocycles. The van der Waals surface area contributed by atoms with Crippen LogP contribution in [0.4, 0.5) is 0 Å². The van der Waals surface area contributed by atoms with Crippen LogP contribution in [0.2, 0.25) is 0 Å². The van der Waals surface area contributed by atoms with Gasteiger partial charge in [0.05, 0.1) is 12.2 Å². The molecule has 0 unspecified atom stereocenters. The number of pyridine rings is 1. The second-order valence-electron chi connectivity index (χ2n) is 6.70. The van der Waals surface area contributed by atoms with Crippen molar-refractivity contribution in [2.75, 3.05) is 13.2 Å². The maximum absolute atomic E-state index is 12.8. The van der Waals surface area contributed by atoms with E-state index in [1.54, 1.807) is 12.4 Å². The Balaban J connectivity index is 1.77. The van der Waals surface area contributed by atoms with Crippen molar-refractivity contribution in [1.29, 1.82) is 0 Å². The van der Waals surface area contributed by atoms with Crippen LogP contribution in [0.1, 0.15) is 42.1 Å². The highest BCUT2D eigenvalue weighted by Crippen LogP contribution is 2.35. The smallest absolute Gasteiger partial charge is 0.252 e. The fourth-order valence-electron chi connectivity index (χ4n) is 3.09. The highest BCUT2D eigenvalue weighted by molar-refractivity contribution is 9.10. The summed E-state index contributed by atoms with van der Waals surface area (Å²) in [7, 11) is 0. The molecule has 1 heterocycles. The van der Waals surface area contributed by atoms with E-state index in [1.165, 1.54) is 0 Å². The van der Waals surface area contributed by atoms with Crippen LogP contribution in [-0.4, -0.2) is 24.0 Å². The van der Waals surface area contributed by atoms with E-state index < -0.39 is 0 Å². The lowest BCUT2D eigenvalue weighted by Crippen LogP contribution is -2.26. The van der Waals surface area contributed by atoms with Crippen LogP contribution in [0.15, 0.2) is 59.3 Å². The molecule has 0 bridgehead atoms. The number of ether oxygens (including phenoxy) is 1. The first-order chi connectivity index (χ1) is 13.7. The Kier molecular flexibility index (Phi) is 7.43. The Morgan fingerprint density at radius 2 is 1.86 bits per heavy atom. The molecule has 0 aliphatic carbocycles. The molecule has 1 amide bonds. The third-order valence-corrected chi connectivity index (χ3v) is 5.49. The van der Waals surface area contributed by atoms with E-state index in [0.29, 0.717) is 18.7 Å². The minimum atomic E-state index is -0.106. The monoisotopic (exact) mass is 440 g/mol. The number of hydrogen-bond donors (Lipinski definition) is 1. The molecule has 4 nitrogen and oxygen atoms in total. The van der Waals surface area contributed by atoms with Crippen LogP contribution in [0.3, 0.4) is 0 Å². The zero-order valence-corrected chi connectivity index (χ0v) is 17.7. The lowest BCUT2D eigenvalue weighted by Gasteiger charge is -2.14. The Morgan fingerprint density at radius 1 is 1.11 bits per heavy atom. The third-order valence-electron chi connectivity index (χ3n) is 4.64. The Labute approximate surface area is 174 Å². The van der Waals surface area contributed by atoms with E-state index in [2.05, 4.69) is 33.2 Å². The second kappa shape index (κ2) is 10.2. The number of amides is 1. The van der Waals surface area contributed by atoms with Crippen molar-refractivity contribution in [2.24, 2.45) is 0 Å². The van der Waals surface area contributed by atoms with Crippen LogP contribution in [-0.2, 0) is 6.42 Å². The third kappa shape index (κ3) is 5.10. The van der Waals surface area contributed by atoms with Crippen LogP contribution in [0.25, 0.3) is 10.8 Å². The van der Waals surface area contributed by atoms with Crippen LogP contribution >= 0.6 is 15.9 Å². The molecule has 0 fully saturated rings. The summed E-state index contributed by atoms with van der Waals surface area (Å²) in [4.78, 5) is 16.8. The summed E-state index contributed by atoms with van der Waals surface area (Å²) in [6.07, 6.45) is 7.58. The van der Waals surface area contributed by atoms with Crippen molar-refractivity contribution in [3.8, 4) is 5.75 Å². The summed E-state index contributed by atoms with van der Waals surface area (Å²) in [6.45, 7) is 3.39. The van der Waals surface area contributed by atoms with Gasteiger partial charge in [-0.2, -0.15) is 0 Å². The number of carbonyl (C=O) groups excluding carboxylic acids is 1. The summed E-state index contributed by atoms with van der Waals surface area (Å²) < 4.78 is 6.83. The van der Waals surface area contributed by atoms with Gasteiger partial charge in [0.2, 0.25) is 0 Å². The average molecular weight is 441 g/mol. The molecular weight excluding hydrogens is 416 g/mol. The molecular formula is C23H25BrN2O2. The van der Waals surface area contributed by atoms with Gasteiger partial charge in [-0.25, -0.2) is 0 Å². The van der Waals surface area contributed by atoms with E-state index in [-0.39, 0.29) is 5.91 Å². The van der Waals surface area contributed by atoms with E-state index in [0.717, 1.165) is 52.2 Å². The number of halogens is 1. The number of aromatic nitrogens is 1. The molecule has 1 N–H and O–H groups in total. The molecule has 5 heteroatoms. The van der Waals surface area contributed by atoms with Gasteiger partial charge < -0.3 is 10.1 Å². The van der Waals surface area contributed by atoms with Crippen LogP contribution in [0.5, 0.6) is 5.75 Å². The summed E-state index contributed by atoms with van der Waals surface area (Å²) in [5, 5.41) is 5.01. The van der Waals surface area contributed by atoms with Gasteiger partial charge in [0.25, 0.3) is 5.91 Å². The first-order valence-corrected chi connectivity index (χ1v) is 10.5. The minimum Gasteiger partial charge on any atom is -0.493 e. The summed E-state index contributed by atoms with van der Waals surface area (Å²) >= 11 is 3.62. The Morgan fingerprint density at radius 3 is 2.61 bits per heavy atom. The van der Waals surface area contributed by atoms with E-state index in [9.17, 15) is 4.79 Å². The number of nitrogens with one attached hydrogen (secondary N) is 1. The number of rotatable bonds is 9. The highest BCUT2D eigenvalue weighted by atomic mass is 79.9. The zero-order chi connectivity index (χ0) is 19.8. The number of nitrogens with zero attached hydrogens (tertiary/aromatic N) is 1.